The number of nitrogens with zero attached hydrogens (tertiary/aromatic N) is 1. The molecule has 0 aromatic heterocycles. The zero-order valence-corrected chi connectivity index (χ0v) is 11.9. The average Bonchev–Trinajstić information content (AvgIpc) is 2.35. The zero-order valence-electron chi connectivity index (χ0n) is 11.9. The highest BCUT2D eigenvalue weighted by Gasteiger charge is 2.29. The van der Waals surface area contributed by atoms with Crippen molar-refractivity contribution in [2.75, 3.05) is 6.54 Å². The molecule has 0 spiro atoms. The molecular formula is C14H20F3N3. The van der Waals surface area contributed by atoms with Crippen LogP contribution in [-0.2, 0) is 12.7 Å². The van der Waals surface area contributed by atoms with Crippen LogP contribution in [0.15, 0.2) is 29.3 Å². The number of rotatable bonds is 4. The number of guanidine groups is 1. The summed E-state index contributed by atoms with van der Waals surface area (Å²) in [5, 5.41) is 6.22. The molecule has 0 aliphatic rings. The van der Waals surface area contributed by atoms with Gasteiger partial charge < -0.3 is 10.6 Å². The van der Waals surface area contributed by atoms with Crippen LogP contribution < -0.4 is 10.6 Å². The summed E-state index contributed by atoms with van der Waals surface area (Å²) in [6.45, 7) is 7.00. The van der Waals surface area contributed by atoms with Gasteiger partial charge in [0.05, 0.1) is 12.1 Å². The minimum Gasteiger partial charge on any atom is -0.357 e. The summed E-state index contributed by atoms with van der Waals surface area (Å²) in [4.78, 5) is 4.33. The van der Waals surface area contributed by atoms with Crippen LogP contribution in [0.2, 0.25) is 0 Å². The monoisotopic (exact) mass is 287 g/mol. The Morgan fingerprint density at radius 1 is 1.20 bits per heavy atom. The molecule has 3 nitrogen and oxygen atoms in total. The summed E-state index contributed by atoms with van der Waals surface area (Å²) >= 11 is 0. The van der Waals surface area contributed by atoms with Gasteiger partial charge in [-0.25, -0.2) is 4.99 Å². The molecule has 0 amide bonds. The topological polar surface area (TPSA) is 36.4 Å². The first kappa shape index (κ1) is 16.3. The van der Waals surface area contributed by atoms with Crippen LogP contribution in [0.25, 0.3) is 0 Å². The van der Waals surface area contributed by atoms with E-state index in [0.717, 1.165) is 24.2 Å². The Kier molecular flexibility index (Phi) is 5.85. The molecule has 2 N–H and O–H groups in total. The highest BCUT2D eigenvalue weighted by molar-refractivity contribution is 5.79. The van der Waals surface area contributed by atoms with E-state index in [1.165, 1.54) is 12.1 Å². The SMILES string of the molecule is CCNC(=NCc1ccc(C(F)(F)F)cc1)NC(C)C. The van der Waals surface area contributed by atoms with E-state index in [0.29, 0.717) is 12.5 Å². The van der Waals surface area contributed by atoms with E-state index in [9.17, 15) is 13.2 Å². The van der Waals surface area contributed by atoms with Crippen LogP contribution in [0.5, 0.6) is 0 Å². The van der Waals surface area contributed by atoms with E-state index in [-0.39, 0.29) is 6.04 Å². The quantitative estimate of drug-likeness (QED) is 0.659. The van der Waals surface area contributed by atoms with E-state index >= 15 is 0 Å². The van der Waals surface area contributed by atoms with Crippen molar-refractivity contribution in [3.63, 3.8) is 0 Å². The Hall–Kier alpha value is -1.72. The van der Waals surface area contributed by atoms with Crippen LogP contribution >= 0.6 is 0 Å². The Morgan fingerprint density at radius 2 is 1.80 bits per heavy atom. The van der Waals surface area contributed by atoms with Gasteiger partial charge in [-0.1, -0.05) is 12.1 Å². The lowest BCUT2D eigenvalue weighted by molar-refractivity contribution is -0.137. The second-order valence-electron chi connectivity index (χ2n) is 4.69. The van der Waals surface area contributed by atoms with Crippen LogP contribution in [0.3, 0.4) is 0 Å². The Labute approximate surface area is 117 Å². The van der Waals surface area contributed by atoms with Crippen molar-refractivity contribution in [2.45, 2.75) is 39.5 Å². The van der Waals surface area contributed by atoms with E-state index in [1.807, 2.05) is 20.8 Å². The number of nitrogens with one attached hydrogen (secondary N) is 2. The maximum absolute atomic E-state index is 12.4. The van der Waals surface area contributed by atoms with Gasteiger partial charge in [-0.2, -0.15) is 13.2 Å². The maximum atomic E-state index is 12.4. The van der Waals surface area contributed by atoms with Crippen molar-refractivity contribution in [1.29, 1.82) is 0 Å². The van der Waals surface area contributed by atoms with Gasteiger partial charge in [0.15, 0.2) is 5.96 Å². The normalized spacial score (nSPS) is 12.7. The van der Waals surface area contributed by atoms with Crippen LogP contribution in [0, 0.1) is 0 Å². The van der Waals surface area contributed by atoms with E-state index in [4.69, 9.17) is 0 Å². The summed E-state index contributed by atoms with van der Waals surface area (Å²) in [5.41, 5.74) is 0.0939. The van der Waals surface area contributed by atoms with Crippen molar-refractivity contribution in [3.05, 3.63) is 35.4 Å². The van der Waals surface area contributed by atoms with E-state index in [1.54, 1.807) is 0 Å². The summed E-state index contributed by atoms with van der Waals surface area (Å²) in [6, 6.07) is 5.29. The molecule has 1 aromatic carbocycles. The van der Waals surface area contributed by atoms with Gasteiger partial charge in [-0.3, -0.25) is 0 Å². The first-order valence-corrected chi connectivity index (χ1v) is 6.54. The second-order valence-corrected chi connectivity index (χ2v) is 4.69. The molecule has 0 heterocycles. The van der Waals surface area contributed by atoms with Crippen LogP contribution in [-0.4, -0.2) is 18.5 Å². The molecule has 0 saturated carbocycles. The summed E-state index contributed by atoms with van der Waals surface area (Å²) < 4.78 is 37.3. The van der Waals surface area contributed by atoms with Crippen molar-refractivity contribution >= 4 is 5.96 Å². The molecule has 112 valence electrons. The summed E-state index contributed by atoms with van der Waals surface area (Å²) in [7, 11) is 0. The predicted octanol–water partition coefficient (Wildman–Crippen LogP) is 3.17. The molecule has 0 atom stereocenters. The van der Waals surface area contributed by atoms with Crippen molar-refractivity contribution < 1.29 is 13.2 Å². The minimum absolute atomic E-state index is 0.236. The maximum Gasteiger partial charge on any atom is 0.416 e. The molecule has 20 heavy (non-hydrogen) atoms. The predicted molar refractivity (Wildman–Crippen MR) is 74.5 cm³/mol. The molecule has 0 saturated heterocycles. The average molecular weight is 287 g/mol. The summed E-state index contributed by atoms with van der Waals surface area (Å²) in [5.74, 6) is 0.655. The lowest BCUT2D eigenvalue weighted by atomic mass is 10.1. The molecule has 0 unspecified atom stereocenters. The van der Waals surface area contributed by atoms with Gasteiger partial charge in [0.1, 0.15) is 0 Å². The van der Waals surface area contributed by atoms with Crippen molar-refractivity contribution in [3.8, 4) is 0 Å². The van der Waals surface area contributed by atoms with Crippen molar-refractivity contribution in [1.82, 2.24) is 10.6 Å². The third-order valence-electron chi connectivity index (χ3n) is 2.47. The third kappa shape index (κ3) is 5.50. The van der Waals surface area contributed by atoms with Crippen LogP contribution in [0.4, 0.5) is 13.2 Å². The first-order chi connectivity index (χ1) is 9.32. The van der Waals surface area contributed by atoms with E-state index in [2.05, 4.69) is 15.6 Å². The highest BCUT2D eigenvalue weighted by Crippen LogP contribution is 2.29. The molecule has 1 aromatic rings. The number of aliphatic imine (C=N–C) groups is 1. The number of hydrogen-bond acceptors (Lipinski definition) is 1. The number of hydrogen-bond donors (Lipinski definition) is 2. The van der Waals surface area contributed by atoms with Gasteiger partial charge in [0, 0.05) is 12.6 Å². The van der Waals surface area contributed by atoms with Gasteiger partial charge in [-0.15, -0.1) is 0 Å². The molecular weight excluding hydrogens is 267 g/mol. The van der Waals surface area contributed by atoms with Gasteiger partial charge in [0.25, 0.3) is 0 Å². The molecule has 0 aliphatic heterocycles. The Bertz CT molecular complexity index is 436. The fourth-order valence-electron chi connectivity index (χ4n) is 1.56. The first-order valence-electron chi connectivity index (χ1n) is 6.54. The molecule has 0 bridgehead atoms. The van der Waals surface area contributed by atoms with Crippen molar-refractivity contribution in [2.24, 2.45) is 4.99 Å². The van der Waals surface area contributed by atoms with Crippen LogP contribution in [0.1, 0.15) is 31.9 Å². The highest BCUT2D eigenvalue weighted by atomic mass is 19.4. The third-order valence-corrected chi connectivity index (χ3v) is 2.47. The number of halogens is 3. The fraction of sp³-hybridized carbons (Fsp3) is 0.500. The van der Waals surface area contributed by atoms with Gasteiger partial charge in [0.2, 0.25) is 0 Å². The molecule has 1 rings (SSSR count). The molecule has 6 heteroatoms. The Balaban J connectivity index is 2.71. The van der Waals surface area contributed by atoms with Gasteiger partial charge >= 0.3 is 6.18 Å². The molecule has 0 aliphatic carbocycles. The number of benzene rings is 1. The van der Waals surface area contributed by atoms with Gasteiger partial charge in [-0.05, 0) is 38.5 Å². The largest absolute Gasteiger partial charge is 0.416 e. The fourth-order valence-corrected chi connectivity index (χ4v) is 1.56. The minimum atomic E-state index is -4.30. The zero-order chi connectivity index (χ0) is 15.2. The van der Waals surface area contributed by atoms with E-state index < -0.39 is 11.7 Å². The smallest absolute Gasteiger partial charge is 0.357 e. The molecule has 0 radical (unpaired) electrons. The Morgan fingerprint density at radius 3 is 2.25 bits per heavy atom. The summed E-state index contributed by atoms with van der Waals surface area (Å²) in [6.07, 6.45) is -4.30. The number of alkyl halides is 3. The lowest BCUT2D eigenvalue weighted by Crippen LogP contribution is -2.40. The lowest BCUT2D eigenvalue weighted by Gasteiger charge is -2.14. The second kappa shape index (κ2) is 7.17. The molecule has 0 fully saturated rings. The standard InChI is InChI=1S/C14H20F3N3/c1-4-18-13(20-10(2)3)19-9-11-5-7-12(8-6-11)14(15,16)17/h5-8,10H,4,9H2,1-3H3,(H2,18,19,20).